The minimum Gasteiger partial charge on any atom is -0.381 e. The highest BCUT2D eigenvalue weighted by Gasteiger charge is 2.35. The minimum atomic E-state index is -4.70. The molecule has 1 heterocycles. The molecule has 0 aromatic heterocycles. The lowest BCUT2D eigenvalue weighted by Gasteiger charge is -2.28. The molecule has 0 spiro atoms. The molecule has 6 heteroatoms. The molecule has 2 rings (SSSR count). The predicted octanol–water partition coefficient (Wildman–Crippen LogP) is 3.27. The molecule has 1 fully saturated rings. The zero-order valence-corrected chi connectivity index (χ0v) is 10.2. The van der Waals surface area contributed by atoms with Crippen LogP contribution in [0.2, 0.25) is 0 Å². The number of hydrogen-bond donors (Lipinski definition) is 1. The van der Waals surface area contributed by atoms with Crippen LogP contribution in [0.5, 0.6) is 0 Å². The van der Waals surface area contributed by atoms with Crippen LogP contribution < -0.4 is 5.73 Å². The van der Waals surface area contributed by atoms with Gasteiger partial charge in [-0.15, -0.1) is 0 Å². The van der Waals surface area contributed by atoms with Crippen LogP contribution in [-0.4, -0.2) is 13.2 Å². The van der Waals surface area contributed by atoms with Crippen LogP contribution in [0.15, 0.2) is 18.2 Å². The fourth-order valence-corrected chi connectivity index (χ4v) is 2.31. The van der Waals surface area contributed by atoms with E-state index in [9.17, 15) is 17.6 Å². The van der Waals surface area contributed by atoms with Crippen molar-refractivity contribution in [3.63, 3.8) is 0 Å². The molecule has 0 radical (unpaired) electrons. The van der Waals surface area contributed by atoms with Crippen molar-refractivity contribution < 1.29 is 22.3 Å². The third-order valence-electron chi connectivity index (χ3n) is 3.45. The van der Waals surface area contributed by atoms with Gasteiger partial charge in [0.1, 0.15) is 5.82 Å². The Morgan fingerprint density at radius 1 is 1.21 bits per heavy atom. The Morgan fingerprint density at radius 3 is 2.42 bits per heavy atom. The molecule has 0 bridgehead atoms. The molecule has 1 aliphatic heterocycles. The zero-order valence-electron chi connectivity index (χ0n) is 10.2. The molecule has 19 heavy (non-hydrogen) atoms. The maximum atomic E-state index is 13.2. The first-order valence-corrected chi connectivity index (χ1v) is 6.09. The summed E-state index contributed by atoms with van der Waals surface area (Å²) in [6.45, 7) is 1.12. The second-order valence-corrected chi connectivity index (χ2v) is 4.71. The van der Waals surface area contributed by atoms with Gasteiger partial charge in [0.2, 0.25) is 0 Å². The fourth-order valence-electron chi connectivity index (χ4n) is 2.31. The van der Waals surface area contributed by atoms with E-state index in [1.54, 1.807) is 0 Å². The molecule has 106 valence electrons. The summed E-state index contributed by atoms with van der Waals surface area (Å²) in [6.07, 6.45) is -3.28. The van der Waals surface area contributed by atoms with E-state index in [2.05, 4.69) is 0 Å². The normalized spacial score (nSPS) is 19.4. The summed E-state index contributed by atoms with van der Waals surface area (Å²) in [5.41, 5.74) is 5.05. The molecule has 0 aliphatic carbocycles. The maximum Gasteiger partial charge on any atom is 0.419 e. The zero-order chi connectivity index (χ0) is 14.0. The van der Waals surface area contributed by atoms with Gasteiger partial charge in [-0.2, -0.15) is 13.2 Å². The van der Waals surface area contributed by atoms with Gasteiger partial charge in [-0.25, -0.2) is 4.39 Å². The van der Waals surface area contributed by atoms with E-state index in [1.165, 1.54) is 6.07 Å². The quantitative estimate of drug-likeness (QED) is 0.842. The van der Waals surface area contributed by atoms with E-state index < -0.39 is 23.6 Å². The van der Waals surface area contributed by atoms with Crippen LogP contribution in [0, 0.1) is 11.7 Å². The molecular weight excluding hydrogens is 262 g/mol. The number of alkyl halides is 3. The molecule has 0 unspecified atom stereocenters. The number of halogens is 4. The van der Waals surface area contributed by atoms with E-state index in [1.807, 2.05) is 0 Å². The second kappa shape index (κ2) is 5.46. The van der Waals surface area contributed by atoms with E-state index in [4.69, 9.17) is 10.5 Å². The van der Waals surface area contributed by atoms with Crippen LogP contribution in [0.4, 0.5) is 17.6 Å². The van der Waals surface area contributed by atoms with Crippen molar-refractivity contribution in [3.8, 4) is 0 Å². The third kappa shape index (κ3) is 3.25. The molecule has 1 saturated heterocycles. The summed E-state index contributed by atoms with van der Waals surface area (Å²) in [6, 6.07) is 2.45. The first-order valence-electron chi connectivity index (χ1n) is 6.09. The van der Waals surface area contributed by atoms with Crippen LogP contribution in [-0.2, 0) is 10.9 Å². The number of benzene rings is 1. The van der Waals surface area contributed by atoms with E-state index >= 15 is 0 Å². The Hall–Kier alpha value is -1.14. The van der Waals surface area contributed by atoms with Crippen molar-refractivity contribution in [2.75, 3.05) is 13.2 Å². The van der Waals surface area contributed by atoms with Crippen molar-refractivity contribution in [1.29, 1.82) is 0 Å². The lowest BCUT2D eigenvalue weighted by Crippen LogP contribution is -2.27. The largest absolute Gasteiger partial charge is 0.419 e. The third-order valence-corrected chi connectivity index (χ3v) is 3.45. The highest BCUT2D eigenvalue weighted by atomic mass is 19.4. The average molecular weight is 277 g/mol. The Labute approximate surface area is 108 Å². The van der Waals surface area contributed by atoms with Crippen molar-refractivity contribution in [2.45, 2.75) is 25.1 Å². The van der Waals surface area contributed by atoms with Gasteiger partial charge in [-0.05, 0) is 36.5 Å². The number of rotatable bonds is 2. The van der Waals surface area contributed by atoms with Gasteiger partial charge in [0.05, 0.1) is 5.56 Å². The molecule has 0 amide bonds. The Kier molecular flexibility index (Phi) is 4.10. The van der Waals surface area contributed by atoms with Crippen LogP contribution >= 0.6 is 0 Å². The topological polar surface area (TPSA) is 35.2 Å². The molecular formula is C13H15F4NO. The molecule has 2 nitrogen and oxygen atoms in total. The number of ether oxygens (including phenoxy) is 1. The molecule has 1 aromatic carbocycles. The summed E-state index contributed by atoms with van der Waals surface area (Å²) in [7, 11) is 0. The SMILES string of the molecule is N[C@@H](c1ccc(F)c(C(F)(F)F)c1)C1CCOCC1. The van der Waals surface area contributed by atoms with Crippen molar-refractivity contribution >= 4 is 0 Å². The summed E-state index contributed by atoms with van der Waals surface area (Å²) < 4.78 is 56.3. The van der Waals surface area contributed by atoms with Gasteiger partial charge >= 0.3 is 6.18 Å². The summed E-state index contributed by atoms with van der Waals surface area (Å²) >= 11 is 0. The molecule has 1 aliphatic rings. The molecule has 1 aromatic rings. The average Bonchev–Trinajstić information content (AvgIpc) is 2.38. The Balaban J connectivity index is 2.24. The monoisotopic (exact) mass is 277 g/mol. The second-order valence-electron chi connectivity index (χ2n) is 4.71. The summed E-state index contributed by atoms with van der Waals surface area (Å²) in [4.78, 5) is 0. The summed E-state index contributed by atoms with van der Waals surface area (Å²) in [5.74, 6) is -1.20. The molecule has 1 atom stereocenters. The van der Waals surface area contributed by atoms with Gasteiger partial charge in [0.15, 0.2) is 0 Å². The number of hydrogen-bond acceptors (Lipinski definition) is 2. The van der Waals surface area contributed by atoms with Crippen molar-refractivity contribution in [1.82, 2.24) is 0 Å². The van der Waals surface area contributed by atoms with Crippen LogP contribution in [0.1, 0.15) is 30.0 Å². The summed E-state index contributed by atoms with van der Waals surface area (Å²) in [5, 5.41) is 0. The smallest absolute Gasteiger partial charge is 0.381 e. The fraction of sp³-hybridized carbons (Fsp3) is 0.538. The van der Waals surface area contributed by atoms with E-state index in [0.717, 1.165) is 12.1 Å². The highest BCUT2D eigenvalue weighted by Crippen LogP contribution is 2.35. The van der Waals surface area contributed by atoms with Crippen LogP contribution in [0.25, 0.3) is 0 Å². The lowest BCUT2D eigenvalue weighted by atomic mass is 9.87. The Bertz CT molecular complexity index is 441. The van der Waals surface area contributed by atoms with Crippen LogP contribution in [0.3, 0.4) is 0 Å². The molecule has 0 saturated carbocycles. The molecule has 2 N–H and O–H groups in total. The van der Waals surface area contributed by atoms with Crippen molar-refractivity contribution in [2.24, 2.45) is 11.7 Å². The lowest BCUT2D eigenvalue weighted by molar-refractivity contribution is -0.140. The maximum absolute atomic E-state index is 13.2. The van der Waals surface area contributed by atoms with Gasteiger partial charge in [0.25, 0.3) is 0 Å². The first kappa shape index (κ1) is 14.3. The van der Waals surface area contributed by atoms with Gasteiger partial charge in [-0.3, -0.25) is 0 Å². The highest BCUT2D eigenvalue weighted by molar-refractivity contribution is 5.29. The minimum absolute atomic E-state index is 0.0697. The first-order chi connectivity index (χ1) is 8.89. The van der Waals surface area contributed by atoms with Crippen molar-refractivity contribution in [3.05, 3.63) is 35.1 Å². The predicted molar refractivity (Wildman–Crippen MR) is 61.9 cm³/mol. The van der Waals surface area contributed by atoms with E-state index in [0.29, 0.717) is 31.6 Å². The van der Waals surface area contributed by atoms with Gasteiger partial charge in [0, 0.05) is 19.3 Å². The van der Waals surface area contributed by atoms with E-state index in [-0.39, 0.29) is 5.92 Å². The number of nitrogens with two attached hydrogens (primary N) is 1. The van der Waals surface area contributed by atoms with Gasteiger partial charge in [-0.1, -0.05) is 6.07 Å². The standard InChI is InChI=1S/C13H15F4NO/c14-11-2-1-9(7-10(11)13(15,16)17)12(18)8-3-5-19-6-4-8/h1-2,7-8,12H,3-6,18H2/t12-/m1/s1. The van der Waals surface area contributed by atoms with Gasteiger partial charge < -0.3 is 10.5 Å². The Morgan fingerprint density at radius 2 is 1.84 bits per heavy atom.